The van der Waals surface area contributed by atoms with E-state index in [9.17, 15) is 9.18 Å². The van der Waals surface area contributed by atoms with Crippen molar-refractivity contribution in [3.05, 3.63) is 65.4 Å². The highest BCUT2D eigenvalue weighted by Gasteiger charge is 2.09. The van der Waals surface area contributed by atoms with Crippen molar-refractivity contribution in [2.45, 2.75) is 5.75 Å². The molecule has 0 aliphatic carbocycles. The fourth-order valence-corrected chi connectivity index (χ4v) is 3.90. The van der Waals surface area contributed by atoms with Crippen molar-refractivity contribution in [3.8, 4) is 16.3 Å². The molecule has 4 nitrogen and oxygen atoms in total. The number of thioether (sulfide) groups is 1. The van der Waals surface area contributed by atoms with Gasteiger partial charge in [-0.2, -0.15) is 0 Å². The van der Waals surface area contributed by atoms with Crippen LogP contribution in [0.4, 0.5) is 10.1 Å². The molecular formula is C19H17FN2O2S2. The molecule has 134 valence electrons. The number of benzene rings is 2. The molecule has 0 radical (unpaired) electrons. The second kappa shape index (κ2) is 8.82. The van der Waals surface area contributed by atoms with E-state index in [0.29, 0.717) is 5.75 Å². The average molecular weight is 388 g/mol. The van der Waals surface area contributed by atoms with Gasteiger partial charge in [-0.05, 0) is 24.3 Å². The summed E-state index contributed by atoms with van der Waals surface area (Å²) >= 11 is 3.00. The third kappa shape index (κ3) is 4.83. The van der Waals surface area contributed by atoms with Gasteiger partial charge in [-0.1, -0.05) is 24.3 Å². The van der Waals surface area contributed by atoms with E-state index in [2.05, 4.69) is 10.3 Å². The van der Waals surface area contributed by atoms with Crippen LogP contribution in [0.5, 0.6) is 5.75 Å². The van der Waals surface area contributed by atoms with Crippen LogP contribution in [0.25, 0.3) is 10.6 Å². The van der Waals surface area contributed by atoms with Crippen LogP contribution >= 0.6 is 23.1 Å². The van der Waals surface area contributed by atoms with E-state index >= 15 is 0 Å². The quantitative estimate of drug-likeness (QED) is 0.630. The number of carbonyl (C=O) groups is 1. The van der Waals surface area contributed by atoms with E-state index in [1.165, 1.54) is 17.8 Å². The minimum Gasteiger partial charge on any atom is -0.497 e. The molecule has 26 heavy (non-hydrogen) atoms. The molecule has 7 heteroatoms. The number of nitrogens with zero attached hydrogens (tertiary/aromatic N) is 1. The highest BCUT2D eigenvalue weighted by Crippen LogP contribution is 2.28. The van der Waals surface area contributed by atoms with E-state index < -0.39 is 5.82 Å². The van der Waals surface area contributed by atoms with Gasteiger partial charge in [-0.15, -0.1) is 23.1 Å². The number of para-hydroxylation sites is 1. The summed E-state index contributed by atoms with van der Waals surface area (Å²) in [5, 5.41) is 5.47. The number of thiazole rings is 1. The van der Waals surface area contributed by atoms with Crippen LogP contribution in [0.1, 0.15) is 5.69 Å². The molecular weight excluding hydrogens is 371 g/mol. The monoisotopic (exact) mass is 388 g/mol. The molecule has 0 aliphatic heterocycles. The number of aromatic nitrogens is 1. The molecule has 0 spiro atoms. The fourth-order valence-electron chi connectivity index (χ4n) is 2.26. The molecule has 1 amide bonds. The minimum absolute atomic E-state index is 0.201. The van der Waals surface area contributed by atoms with Crippen molar-refractivity contribution in [2.75, 3.05) is 18.2 Å². The van der Waals surface area contributed by atoms with Gasteiger partial charge in [0.2, 0.25) is 5.91 Å². The number of nitrogens with one attached hydrogen (secondary N) is 1. The second-order valence-corrected chi connectivity index (χ2v) is 7.24. The first-order chi connectivity index (χ1) is 12.7. The summed E-state index contributed by atoms with van der Waals surface area (Å²) in [6.45, 7) is 0. The van der Waals surface area contributed by atoms with Crippen molar-refractivity contribution in [2.24, 2.45) is 0 Å². The van der Waals surface area contributed by atoms with E-state index in [1.807, 2.05) is 29.6 Å². The number of methoxy groups -OCH3 is 1. The number of carbonyl (C=O) groups excluding carboxylic acids is 1. The molecule has 0 saturated carbocycles. The van der Waals surface area contributed by atoms with Crippen LogP contribution in [0.3, 0.4) is 0 Å². The van der Waals surface area contributed by atoms with Gasteiger partial charge in [0.05, 0.1) is 24.2 Å². The lowest BCUT2D eigenvalue weighted by Crippen LogP contribution is -2.15. The zero-order chi connectivity index (χ0) is 18.4. The van der Waals surface area contributed by atoms with Gasteiger partial charge in [0, 0.05) is 16.7 Å². The Hall–Kier alpha value is -2.38. The first-order valence-electron chi connectivity index (χ1n) is 7.86. The summed E-state index contributed by atoms with van der Waals surface area (Å²) in [5.74, 6) is 0.973. The Morgan fingerprint density at radius 1 is 1.27 bits per heavy atom. The summed E-state index contributed by atoms with van der Waals surface area (Å²) in [4.78, 5) is 16.5. The molecule has 3 aromatic rings. The smallest absolute Gasteiger partial charge is 0.234 e. The number of halogens is 1. The Bertz CT molecular complexity index is 899. The number of hydrogen-bond donors (Lipinski definition) is 1. The summed E-state index contributed by atoms with van der Waals surface area (Å²) in [6, 6.07) is 13.9. The topological polar surface area (TPSA) is 51.2 Å². The van der Waals surface area contributed by atoms with E-state index in [-0.39, 0.29) is 17.3 Å². The van der Waals surface area contributed by atoms with Crippen molar-refractivity contribution in [3.63, 3.8) is 0 Å². The largest absolute Gasteiger partial charge is 0.497 e. The van der Waals surface area contributed by atoms with Crippen LogP contribution in [0.2, 0.25) is 0 Å². The number of rotatable bonds is 7. The maximum atomic E-state index is 13.5. The molecule has 0 saturated heterocycles. The molecule has 0 unspecified atom stereocenters. The molecule has 0 fully saturated rings. The molecule has 0 bridgehead atoms. The van der Waals surface area contributed by atoms with Gasteiger partial charge >= 0.3 is 0 Å². The van der Waals surface area contributed by atoms with Crippen LogP contribution in [0, 0.1) is 5.82 Å². The highest BCUT2D eigenvalue weighted by atomic mass is 32.2. The van der Waals surface area contributed by atoms with Crippen LogP contribution in [-0.2, 0) is 10.5 Å². The molecule has 2 aromatic carbocycles. The SMILES string of the molecule is COc1cccc(-c2nc(CSCC(=O)Nc3ccccc3F)cs2)c1. The molecule has 3 rings (SSSR count). The van der Waals surface area contributed by atoms with Crippen LogP contribution in [-0.4, -0.2) is 23.8 Å². The predicted octanol–water partition coefficient (Wildman–Crippen LogP) is 4.83. The molecule has 0 atom stereocenters. The van der Waals surface area contributed by atoms with Crippen molar-refractivity contribution in [1.29, 1.82) is 0 Å². The van der Waals surface area contributed by atoms with Gasteiger partial charge in [-0.3, -0.25) is 4.79 Å². The van der Waals surface area contributed by atoms with Gasteiger partial charge in [-0.25, -0.2) is 9.37 Å². The Balaban J connectivity index is 1.52. The second-order valence-electron chi connectivity index (χ2n) is 5.40. The van der Waals surface area contributed by atoms with Gasteiger partial charge < -0.3 is 10.1 Å². The van der Waals surface area contributed by atoms with Crippen LogP contribution in [0.15, 0.2) is 53.9 Å². The maximum absolute atomic E-state index is 13.5. The van der Waals surface area contributed by atoms with Gasteiger partial charge in [0.15, 0.2) is 0 Å². The Morgan fingerprint density at radius 3 is 2.92 bits per heavy atom. The van der Waals surface area contributed by atoms with Crippen molar-refractivity contribution in [1.82, 2.24) is 4.98 Å². The minimum atomic E-state index is -0.437. The zero-order valence-electron chi connectivity index (χ0n) is 14.1. The van der Waals surface area contributed by atoms with Gasteiger partial charge in [0.25, 0.3) is 0 Å². The lowest BCUT2D eigenvalue weighted by atomic mass is 10.2. The normalized spacial score (nSPS) is 10.5. The number of ether oxygens (including phenoxy) is 1. The van der Waals surface area contributed by atoms with Crippen LogP contribution < -0.4 is 10.1 Å². The number of amides is 1. The lowest BCUT2D eigenvalue weighted by Gasteiger charge is -2.05. The average Bonchev–Trinajstić information content (AvgIpc) is 3.13. The van der Waals surface area contributed by atoms with Crippen molar-refractivity contribution >= 4 is 34.7 Å². The lowest BCUT2D eigenvalue weighted by molar-refractivity contribution is -0.113. The highest BCUT2D eigenvalue weighted by molar-refractivity contribution is 7.99. The summed E-state index contributed by atoms with van der Waals surface area (Å²) in [6.07, 6.45) is 0. The summed E-state index contributed by atoms with van der Waals surface area (Å²) in [5.41, 5.74) is 2.12. The zero-order valence-corrected chi connectivity index (χ0v) is 15.7. The Morgan fingerprint density at radius 2 is 2.12 bits per heavy atom. The number of hydrogen-bond acceptors (Lipinski definition) is 5. The maximum Gasteiger partial charge on any atom is 0.234 e. The van der Waals surface area contributed by atoms with E-state index in [1.54, 1.807) is 36.6 Å². The van der Waals surface area contributed by atoms with E-state index in [0.717, 1.165) is 22.0 Å². The third-order valence-corrected chi connectivity index (χ3v) is 5.41. The fraction of sp³-hybridized carbons (Fsp3) is 0.158. The molecule has 1 N–H and O–H groups in total. The molecule has 1 aromatic heterocycles. The van der Waals surface area contributed by atoms with E-state index in [4.69, 9.17) is 4.74 Å². The molecule has 0 aliphatic rings. The number of anilines is 1. The first kappa shape index (κ1) is 18.4. The van der Waals surface area contributed by atoms with Gasteiger partial charge in [0.1, 0.15) is 16.6 Å². The third-order valence-electron chi connectivity index (χ3n) is 3.50. The molecule has 1 heterocycles. The van der Waals surface area contributed by atoms with Crippen molar-refractivity contribution < 1.29 is 13.9 Å². The summed E-state index contributed by atoms with van der Waals surface area (Å²) in [7, 11) is 1.63. The predicted molar refractivity (Wildman–Crippen MR) is 105 cm³/mol. The standard InChI is InChI=1S/C19H17FN2O2S2/c1-24-15-6-4-5-13(9-15)19-21-14(11-26-19)10-25-12-18(23)22-17-8-3-2-7-16(17)20/h2-9,11H,10,12H2,1H3,(H,22,23). The Labute approximate surface area is 159 Å². The summed E-state index contributed by atoms with van der Waals surface area (Å²) < 4.78 is 18.7. The Kier molecular flexibility index (Phi) is 6.25. The first-order valence-corrected chi connectivity index (χ1v) is 9.90.